The fraction of sp³-hybridized carbons (Fsp3) is 0.611. The van der Waals surface area contributed by atoms with E-state index in [1.54, 1.807) is 25.2 Å². The Bertz CT molecular complexity index is 575. The van der Waals surface area contributed by atoms with Gasteiger partial charge in [0.1, 0.15) is 11.9 Å². The van der Waals surface area contributed by atoms with Gasteiger partial charge >= 0.3 is 6.01 Å². The van der Waals surface area contributed by atoms with Crippen molar-refractivity contribution in [3.63, 3.8) is 0 Å². The van der Waals surface area contributed by atoms with Crippen LogP contribution >= 0.6 is 0 Å². The molecule has 1 aromatic heterocycles. The summed E-state index contributed by atoms with van der Waals surface area (Å²) in [6.45, 7) is 6.70. The maximum absolute atomic E-state index is 11.9. The average molecular weight is 349 g/mol. The first kappa shape index (κ1) is 20.9. The number of hydrogen-bond donors (Lipinski definition) is 0. The van der Waals surface area contributed by atoms with Gasteiger partial charge in [-0.15, -0.1) is 6.58 Å². The van der Waals surface area contributed by atoms with Gasteiger partial charge in [-0.3, -0.25) is 9.69 Å². The monoisotopic (exact) mass is 349 g/mol. The molecule has 1 heterocycles. The van der Waals surface area contributed by atoms with Crippen LogP contribution in [0.15, 0.2) is 18.9 Å². The van der Waals surface area contributed by atoms with Crippen molar-refractivity contribution < 1.29 is 9.53 Å². The summed E-state index contributed by atoms with van der Waals surface area (Å²) >= 11 is 0. The molecule has 0 saturated carbocycles. The van der Waals surface area contributed by atoms with Gasteiger partial charge < -0.3 is 14.5 Å². The number of carbonyl (C=O) groups excluding carboxylic acids is 1. The maximum Gasteiger partial charge on any atom is 0.318 e. The second-order valence-corrected chi connectivity index (χ2v) is 6.64. The third kappa shape index (κ3) is 7.09. The molecule has 0 aliphatic carbocycles. The van der Waals surface area contributed by atoms with E-state index >= 15 is 0 Å². The normalized spacial score (nSPS) is 12.0. The average Bonchev–Trinajstić information content (AvgIpc) is 2.53. The molecule has 0 radical (unpaired) electrons. The second kappa shape index (κ2) is 9.98. The van der Waals surface area contributed by atoms with Gasteiger partial charge in [0, 0.05) is 46.5 Å². The number of amides is 1. The Hall–Kier alpha value is -2.15. The number of likely N-dealkylation sites (N-methyl/N-ethyl adjacent to an activating group) is 2. The van der Waals surface area contributed by atoms with Crippen molar-refractivity contribution in [3.05, 3.63) is 24.4 Å². The molecule has 0 N–H and O–H groups in total. The fourth-order valence-electron chi connectivity index (χ4n) is 2.35. The molecular formula is C18H31N5O2. The van der Waals surface area contributed by atoms with Crippen molar-refractivity contribution in [1.82, 2.24) is 19.8 Å². The summed E-state index contributed by atoms with van der Waals surface area (Å²) in [5.41, 5.74) is 0.994. The Kier molecular flexibility index (Phi) is 8.34. The zero-order chi connectivity index (χ0) is 19.0. The van der Waals surface area contributed by atoms with Crippen LogP contribution in [0.1, 0.15) is 18.4 Å². The zero-order valence-electron chi connectivity index (χ0n) is 16.3. The third-order valence-electron chi connectivity index (χ3n) is 3.73. The molecule has 0 aliphatic rings. The smallest absolute Gasteiger partial charge is 0.318 e. The third-order valence-corrected chi connectivity index (χ3v) is 3.73. The molecule has 0 spiro atoms. The Morgan fingerprint density at radius 1 is 1.32 bits per heavy atom. The van der Waals surface area contributed by atoms with E-state index in [1.807, 2.05) is 43.9 Å². The maximum atomic E-state index is 11.9. The number of carbonyl (C=O) groups is 1. The van der Waals surface area contributed by atoms with Crippen LogP contribution in [0, 0.1) is 6.92 Å². The minimum Gasteiger partial charge on any atom is -0.459 e. The molecule has 140 valence electrons. The lowest BCUT2D eigenvalue weighted by Gasteiger charge is -2.25. The van der Waals surface area contributed by atoms with Gasteiger partial charge in [-0.25, -0.2) is 4.98 Å². The van der Waals surface area contributed by atoms with Crippen molar-refractivity contribution in [2.45, 2.75) is 25.9 Å². The Morgan fingerprint density at radius 3 is 2.56 bits per heavy atom. The minimum absolute atomic E-state index is 0.0615. The Labute approximate surface area is 151 Å². The summed E-state index contributed by atoms with van der Waals surface area (Å²) in [6, 6.07) is 0.357. The van der Waals surface area contributed by atoms with E-state index in [4.69, 9.17) is 4.74 Å². The van der Waals surface area contributed by atoms with Gasteiger partial charge in [-0.2, -0.15) is 4.98 Å². The SMILES string of the molecule is C=CCC[C@@H](CN(C)CC(=O)N(C)C)Oc1ncc(C)c(N(C)C)n1. The van der Waals surface area contributed by atoms with Crippen LogP contribution in [0.2, 0.25) is 0 Å². The molecule has 1 amide bonds. The van der Waals surface area contributed by atoms with Gasteiger partial charge in [-0.05, 0) is 26.8 Å². The molecule has 0 aromatic carbocycles. The van der Waals surface area contributed by atoms with Crippen molar-refractivity contribution >= 4 is 11.7 Å². The number of ether oxygens (including phenoxy) is 1. The second-order valence-electron chi connectivity index (χ2n) is 6.64. The molecule has 1 rings (SSSR count). The highest BCUT2D eigenvalue weighted by Crippen LogP contribution is 2.18. The molecular weight excluding hydrogens is 318 g/mol. The summed E-state index contributed by atoms with van der Waals surface area (Å²) in [5.74, 6) is 0.898. The van der Waals surface area contributed by atoms with E-state index in [-0.39, 0.29) is 12.0 Å². The van der Waals surface area contributed by atoms with Gasteiger partial charge in [0.2, 0.25) is 5.91 Å². The number of aryl methyl sites for hydroxylation is 1. The predicted octanol–water partition coefficient (Wildman–Crippen LogP) is 1.58. The van der Waals surface area contributed by atoms with Crippen LogP contribution in [0.25, 0.3) is 0 Å². The molecule has 1 atom stereocenters. The van der Waals surface area contributed by atoms with Crippen LogP contribution in [0.5, 0.6) is 6.01 Å². The highest BCUT2D eigenvalue weighted by atomic mass is 16.5. The molecule has 0 aliphatic heterocycles. The molecule has 0 bridgehead atoms. The number of anilines is 1. The first-order chi connectivity index (χ1) is 11.7. The zero-order valence-corrected chi connectivity index (χ0v) is 16.3. The van der Waals surface area contributed by atoms with E-state index < -0.39 is 0 Å². The van der Waals surface area contributed by atoms with Gasteiger partial charge in [0.15, 0.2) is 0 Å². The van der Waals surface area contributed by atoms with Crippen molar-refractivity contribution in [2.24, 2.45) is 0 Å². The summed E-state index contributed by atoms with van der Waals surface area (Å²) in [4.78, 5) is 26.1. The predicted molar refractivity (Wildman–Crippen MR) is 101 cm³/mol. The molecule has 1 aromatic rings. The van der Waals surface area contributed by atoms with Gasteiger partial charge in [-0.1, -0.05) is 6.08 Å². The minimum atomic E-state index is -0.115. The summed E-state index contributed by atoms with van der Waals surface area (Å²) in [5, 5.41) is 0. The lowest BCUT2D eigenvalue weighted by atomic mass is 10.2. The lowest BCUT2D eigenvalue weighted by Crippen LogP contribution is -2.40. The summed E-state index contributed by atoms with van der Waals surface area (Å²) in [7, 11) is 9.30. The van der Waals surface area contributed by atoms with Crippen molar-refractivity contribution in [1.29, 1.82) is 0 Å². The standard InChI is InChI=1S/C18H31N5O2/c1-8-9-10-15(12-23(7)13-16(24)21(3)4)25-18-19-11-14(2)17(20-18)22(5)6/h8,11,15H,1,9-10,12-13H2,2-7H3/t15-/m0/s1. The van der Waals surface area contributed by atoms with Crippen molar-refractivity contribution in [2.75, 3.05) is 53.2 Å². The van der Waals surface area contributed by atoms with E-state index in [1.165, 1.54) is 0 Å². The van der Waals surface area contributed by atoms with Crippen molar-refractivity contribution in [3.8, 4) is 6.01 Å². The molecule has 7 nitrogen and oxygen atoms in total. The Balaban J connectivity index is 2.80. The van der Waals surface area contributed by atoms with Crippen LogP contribution in [0.4, 0.5) is 5.82 Å². The fourth-order valence-corrected chi connectivity index (χ4v) is 2.35. The molecule has 0 unspecified atom stereocenters. The number of nitrogens with zero attached hydrogens (tertiary/aromatic N) is 5. The number of rotatable bonds is 10. The topological polar surface area (TPSA) is 61.8 Å². The highest BCUT2D eigenvalue weighted by Gasteiger charge is 2.18. The summed E-state index contributed by atoms with van der Waals surface area (Å²) < 4.78 is 6.01. The number of hydrogen-bond acceptors (Lipinski definition) is 6. The van der Waals surface area contributed by atoms with Gasteiger partial charge in [0.25, 0.3) is 0 Å². The first-order valence-electron chi connectivity index (χ1n) is 8.41. The quantitative estimate of drug-likeness (QED) is 0.598. The van der Waals surface area contributed by atoms with Crippen LogP contribution < -0.4 is 9.64 Å². The van der Waals surface area contributed by atoms with E-state index in [2.05, 4.69) is 16.5 Å². The van der Waals surface area contributed by atoms with Gasteiger partial charge in [0.05, 0.1) is 6.54 Å². The largest absolute Gasteiger partial charge is 0.459 e. The Morgan fingerprint density at radius 2 is 2.00 bits per heavy atom. The van der Waals surface area contributed by atoms with E-state index in [0.717, 1.165) is 24.2 Å². The number of allylic oxidation sites excluding steroid dienone is 1. The molecule has 0 fully saturated rings. The highest BCUT2D eigenvalue weighted by molar-refractivity contribution is 5.77. The van der Waals surface area contributed by atoms with Crippen LogP contribution in [-0.4, -0.2) is 80.1 Å². The molecule has 25 heavy (non-hydrogen) atoms. The first-order valence-corrected chi connectivity index (χ1v) is 8.41. The summed E-state index contributed by atoms with van der Waals surface area (Å²) in [6.07, 6.45) is 5.13. The van der Waals surface area contributed by atoms with Crippen LogP contribution in [0.3, 0.4) is 0 Å². The van der Waals surface area contributed by atoms with E-state index in [9.17, 15) is 4.79 Å². The van der Waals surface area contributed by atoms with Crippen LogP contribution in [-0.2, 0) is 4.79 Å². The lowest BCUT2D eigenvalue weighted by molar-refractivity contribution is -0.129. The molecule has 7 heteroatoms. The number of aromatic nitrogens is 2. The van der Waals surface area contributed by atoms with E-state index in [0.29, 0.717) is 19.1 Å². The molecule has 0 saturated heterocycles.